The van der Waals surface area contributed by atoms with Crippen LogP contribution < -0.4 is 16.0 Å². The highest BCUT2D eigenvalue weighted by molar-refractivity contribution is 6.09. The Labute approximate surface area is 190 Å². The first-order chi connectivity index (χ1) is 16.0. The molecule has 0 bridgehead atoms. The molecule has 10 heteroatoms. The van der Waals surface area contributed by atoms with Gasteiger partial charge in [-0.3, -0.25) is 19.4 Å². The van der Waals surface area contributed by atoms with Crippen LogP contribution in [0.25, 0.3) is 22.4 Å². The minimum Gasteiger partial charge on any atom is -0.375 e. The lowest BCUT2D eigenvalue weighted by molar-refractivity contribution is -0.122. The van der Waals surface area contributed by atoms with E-state index in [4.69, 9.17) is 9.72 Å². The van der Waals surface area contributed by atoms with Gasteiger partial charge in [0, 0.05) is 44.3 Å². The highest BCUT2D eigenvalue weighted by Gasteiger charge is 2.26. The van der Waals surface area contributed by atoms with Crippen LogP contribution in [0.3, 0.4) is 0 Å². The lowest BCUT2D eigenvalue weighted by Crippen LogP contribution is -2.45. The molecular weight excluding hydrogens is 424 g/mol. The molecule has 172 valence electrons. The number of benzene rings is 1. The van der Waals surface area contributed by atoms with E-state index in [0.29, 0.717) is 41.1 Å². The Morgan fingerprint density at radius 2 is 2.03 bits per heavy atom. The molecular formula is C23H26N6O4. The summed E-state index contributed by atoms with van der Waals surface area (Å²) in [5.41, 5.74) is 2.70. The van der Waals surface area contributed by atoms with Gasteiger partial charge in [0.15, 0.2) is 0 Å². The molecule has 0 unspecified atom stereocenters. The Morgan fingerprint density at radius 3 is 2.79 bits per heavy atom. The van der Waals surface area contributed by atoms with E-state index < -0.39 is 11.9 Å². The maximum atomic E-state index is 13.4. The van der Waals surface area contributed by atoms with Gasteiger partial charge in [-0.15, -0.1) is 0 Å². The summed E-state index contributed by atoms with van der Waals surface area (Å²) in [5, 5.41) is 8.43. The molecule has 3 N–H and O–H groups in total. The number of rotatable bonds is 6. The number of nitrogens with one attached hydrogen (secondary N) is 3. The van der Waals surface area contributed by atoms with Crippen LogP contribution >= 0.6 is 0 Å². The molecule has 33 heavy (non-hydrogen) atoms. The molecule has 1 fully saturated rings. The number of aryl methyl sites for hydroxylation is 1. The van der Waals surface area contributed by atoms with E-state index in [0.717, 1.165) is 18.4 Å². The van der Waals surface area contributed by atoms with Crippen molar-refractivity contribution in [2.45, 2.75) is 25.3 Å². The van der Waals surface area contributed by atoms with E-state index in [-0.39, 0.29) is 18.4 Å². The van der Waals surface area contributed by atoms with Gasteiger partial charge in [0.1, 0.15) is 18.5 Å². The lowest BCUT2D eigenvalue weighted by atomic mass is 10.1. The van der Waals surface area contributed by atoms with Crippen molar-refractivity contribution in [3.05, 3.63) is 42.2 Å². The molecule has 1 aliphatic rings. The number of nitrogens with zero attached hydrogens (tertiary/aromatic N) is 3. The second-order valence-electron chi connectivity index (χ2n) is 7.92. The maximum absolute atomic E-state index is 13.4. The summed E-state index contributed by atoms with van der Waals surface area (Å²) in [6.45, 7) is 0.486. The normalized spacial score (nSPS) is 16.2. The van der Waals surface area contributed by atoms with E-state index in [1.54, 1.807) is 24.5 Å². The third-order valence-corrected chi connectivity index (χ3v) is 5.55. The highest BCUT2D eigenvalue weighted by atomic mass is 16.5. The van der Waals surface area contributed by atoms with Crippen LogP contribution in [0.1, 0.15) is 29.6 Å². The largest absolute Gasteiger partial charge is 0.375 e. The molecule has 4 rings (SSSR count). The number of hydrogen-bond donors (Lipinski definition) is 3. The number of imidazole rings is 1. The molecule has 3 amide bonds. The summed E-state index contributed by atoms with van der Waals surface area (Å²) >= 11 is 0. The predicted molar refractivity (Wildman–Crippen MR) is 123 cm³/mol. The fourth-order valence-electron chi connectivity index (χ4n) is 4.00. The summed E-state index contributed by atoms with van der Waals surface area (Å²) in [7, 11) is 3.25. The minimum absolute atomic E-state index is 0.119. The van der Waals surface area contributed by atoms with E-state index in [2.05, 4.69) is 20.9 Å². The number of hydrogen-bond acceptors (Lipinski definition) is 6. The first-order valence-corrected chi connectivity index (χ1v) is 10.8. The van der Waals surface area contributed by atoms with Crippen LogP contribution in [0.15, 0.2) is 36.7 Å². The summed E-state index contributed by atoms with van der Waals surface area (Å²) in [5.74, 6) is -0.302. The molecule has 0 radical (unpaired) electrons. The number of carbonyl (C=O) groups excluding carboxylic acids is 3. The van der Waals surface area contributed by atoms with Crippen molar-refractivity contribution in [3.63, 3.8) is 0 Å². The number of pyridine rings is 1. The molecule has 0 aliphatic carbocycles. The van der Waals surface area contributed by atoms with Crippen LogP contribution in [-0.2, 0) is 21.4 Å². The Kier molecular flexibility index (Phi) is 6.64. The molecule has 10 nitrogen and oxygen atoms in total. The SMILES string of the molecule is COCC(=O)Nc1cc(C(=O)N[C@H]2CCCCNC2=O)c2c(c1)nc(-c1ccncc1)n2C. The summed E-state index contributed by atoms with van der Waals surface area (Å²) in [6.07, 6.45) is 5.62. The number of ether oxygens (including phenoxy) is 1. The van der Waals surface area contributed by atoms with Gasteiger partial charge in [0.2, 0.25) is 11.8 Å². The molecule has 3 heterocycles. The van der Waals surface area contributed by atoms with Gasteiger partial charge in [-0.25, -0.2) is 4.98 Å². The van der Waals surface area contributed by atoms with Crippen molar-refractivity contribution < 1.29 is 19.1 Å². The van der Waals surface area contributed by atoms with E-state index >= 15 is 0 Å². The maximum Gasteiger partial charge on any atom is 0.254 e. The number of fused-ring (bicyclic) bond motifs is 1. The Hall–Kier alpha value is -3.79. The van der Waals surface area contributed by atoms with Crippen LogP contribution in [0.4, 0.5) is 5.69 Å². The fraction of sp³-hybridized carbons (Fsp3) is 0.348. The van der Waals surface area contributed by atoms with Crippen molar-refractivity contribution in [1.29, 1.82) is 0 Å². The van der Waals surface area contributed by atoms with Crippen LogP contribution in [-0.4, -0.2) is 58.6 Å². The monoisotopic (exact) mass is 450 g/mol. The second kappa shape index (κ2) is 9.78. The van der Waals surface area contributed by atoms with Gasteiger partial charge in [0.25, 0.3) is 5.91 Å². The molecule has 1 saturated heterocycles. The van der Waals surface area contributed by atoms with Crippen molar-refractivity contribution in [2.75, 3.05) is 25.6 Å². The lowest BCUT2D eigenvalue weighted by Gasteiger charge is -2.16. The van der Waals surface area contributed by atoms with Crippen molar-refractivity contribution >= 4 is 34.4 Å². The van der Waals surface area contributed by atoms with Gasteiger partial charge in [0.05, 0.1) is 16.6 Å². The quantitative estimate of drug-likeness (QED) is 0.524. The molecule has 2 aromatic heterocycles. The van der Waals surface area contributed by atoms with Gasteiger partial charge in [-0.2, -0.15) is 0 Å². The van der Waals surface area contributed by atoms with Gasteiger partial charge in [-0.1, -0.05) is 0 Å². The number of amides is 3. The standard InChI is InChI=1S/C23H26N6O4/c1-29-20-16(22(31)28-17-5-3-4-8-25-23(17)32)11-15(26-19(30)13-33-2)12-18(20)27-21(29)14-6-9-24-10-7-14/h6-7,9-12,17H,3-5,8,13H2,1-2H3,(H,25,32)(H,26,30)(H,28,31)/t17-/m0/s1. The smallest absolute Gasteiger partial charge is 0.254 e. The molecule has 0 spiro atoms. The predicted octanol–water partition coefficient (Wildman–Crippen LogP) is 1.62. The average Bonchev–Trinajstić information content (AvgIpc) is 3.00. The highest BCUT2D eigenvalue weighted by Crippen LogP contribution is 2.29. The third kappa shape index (κ3) is 4.85. The number of anilines is 1. The minimum atomic E-state index is -0.616. The summed E-state index contributed by atoms with van der Waals surface area (Å²) in [4.78, 5) is 46.6. The Morgan fingerprint density at radius 1 is 1.24 bits per heavy atom. The third-order valence-electron chi connectivity index (χ3n) is 5.55. The van der Waals surface area contributed by atoms with Gasteiger partial charge >= 0.3 is 0 Å². The average molecular weight is 450 g/mol. The first-order valence-electron chi connectivity index (χ1n) is 10.8. The van der Waals surface area contributed by atoms with Crippen molar-refractivity contribution in [1.82, 2.24) is 25.2 Å². The molecule has 0 saturated carbocycles. The number of carbonyl (C=O) groups is 3. The van der Waals surface area contributed by atoms with E-state index in [1.165, 1.54) is 7.11 Å². The fourth-order valence-corrected chi connectivity index (χ4v) is 4.00. The van der Waals surface area contributed by atoms with Crippen LogP contribution in [0, 0.1) is 0 Å². The zero-order valence-electron chi connectivity index (χ0n) is 18.6. The number of methoxy groups -OCH3 is 1. The Balaban J connectivity index is 1.77. The van der Waals surface area contributed by atoms with E-state index in [1.807, 2.05) is 23.7 Å². The topological polar surface area (TPSA) is 127 Å². The molecule has 1 aromatic carbocycles. The zero-order chi connectivity index (χ0) is 23.4. The van der Waals surface area contributed by atoms with Gasteiger partial charge in [-0.05, 0) is 43.5 Å². The summed E-state index contributed by atoms with van der Waals surface area (Å²) in [6, 6.07) is 6.35. The Bertz CT molecular complexity index is 1190. The van der Waals surface area contributed by atoms with Crippen molar-refractivity contribution in [3.8, 4) is 11.4 Å². The zero-order valence-corrected chi connectivity index (χ0v) is 18.6. The first kappa shape index (κ1) is 22.4. The van der Waals surface area contributed by atoms with Crippen LogP contribution in [0.2, 0.25) is 0 Å². The number of aromatic nitrogens is 3. The molecule has 3 aromatic rings. The molecule has 1 aliphatic heterocycles. The van der Waals surface area contributed by atoms with Crippen molar-refractivity contribution in [2.24, 2.45) is 7.05 Å². The molecule has 1 atom stereocenters. The van der Waals surface area contributed by atoms with Crippen LogP contribution in [0.5, 0.6) is 0 Å². The second-order valence-corrected chi connectivity index (χ2v) is 7.92. The van der Waals surface area contributed by atoms with E-state index in [9.17, 15) is 14.4 Å². The van der Waals surface area contributed by atoms with Gasteiger partial charge < -0.3 is 25.3 Å². The summed E-state index contributed by atoms with van der Waals surface area (Å²) < 4.78 is 6.71.